The highest BCUT2D eigenvalue weighted by Crippen LogP contribution is 2.28. The molecule has 0 aromatic heterocycles. The average Bonchev–Trinajstić information content (AvgIpc) is 2.50. The van der Waals surface area contributed by atoms with E-state index < -0.39 is 0 Å². The van der Waals surface area contributed by atoms with Crippen molar-refractivity contribution in [3.63, 3.8) is 0 Å². The Morgan fingerprint density at radius 1 is 1.57 bits per heavy atom. The third-order valence-corrected chi connectivity index (χ3v) is 3.74. The number of thioether (sulfide) groups is 1. The van der Waals surface area contributed by atoms with Gasteiger partial charge >= 0.3 is 0 Å². The van der Waals surface area contributed by atoms with Crippen LogP contribution in [0.5, 0.6) is 5.75 Å². The minimum atomic E-state index is -0.280. The van der Waals surface area contributed by atoms with Crippen molar-refractivity contribution in [1.82, 2.24) is 5.32 Å². The lowest BCUT2D eigenvalue weighted by Crippen LogP contribution is -2.38. The molecule has 0 saturated carbocycles. The van der Waals surface area contributed by atoms with Crippen LogP contribution in [0.3, 0.4) is 0 Å². The summed E-state index contributed by atoms with van der Waals surface area (Å²) in [5.74, 6) is 0.887. The van der Waals surface area contributed by atoms with Gasteiger partial charge in [0.25, 0.3) is 11.8 Å². The Morgan fingerprint density at radius 2 is 2.38 bits per heavy atom. The van der Waals surface area contributed by atoms with E-state index in [1.807, 2.05) is 6.26 Å². The predicted octanol–water partition coefficient (Wildman–Crippen LogP) is 0.861. The number of carbonyl (C=O) groups is 2. The lowest BCUT2D eigenvalue weighted by molar-refractivity contribution is -0.118. The van der Waals surface area contributed by atoms with Crippen molar-refractivity contribution in [2.45, 2.75) is 12.5 Å². The Hall–Kier alpha value is -1.73. The van der Waals surface area contributed by atoms with Crippen molar-refractivity contribution in [1.29, 1.82) is 0 Å². The van der Waals surface area contributed by atoms with Gasteiger partial charge in [-0.2, -0.15) is 11.8 Å². The molecule has 0 aliphatic carbocycles. The van der Waals surface area contributed by atoms with Gasteiger partial charge in [-0.15, -0.1) is 0 Å². The van der Waals surface area contributed by atoms with Gasteiger partial charge in [0, 0.05) is 5.56 Å². The number of rotatable bonds is 6. The molecule has 0 bridgehead atoms. The fraction of sp³-hybridized carbons (Fsp3) is 0.429. The topological polar surface area (TPSA) is 87.7 Å². The number of benzene rings is 1. The highest BCUT2D eigenvalue weighted by molar-refractivity contribution is 7.98. The molecule has 0 unspecified atom stereocenters. The average molecular weight is 310 g/mol. The Bertz CT molecular complexity index is 536. The van der Waals surface area contributed by atoms with Crippen molar-refractivity contribution in [2.75, 3.05) is 30.5 Å². The number of aliphatic hydroxyl groups is 1. The van der Waals surface area contributed by atoms with E-state index in [1.165, 1.54) is 0 Å². The lowest BCUT2D eigenvalue weighted by Gasteiger charge is -2.19. The lowest BCUT2D eigenvalue weighted by atomic mass is 10.1. The van der Waals surface area contributed by atoms with Crippen LogP contribution in [0.15, 0.2) is 18.2 Å². The molecular weight excluding hydrogens is 292 g/mol. The molecule has 1 aromatic rings. The van der Waals surface area contributed by atoms with Crippen molar-refractivity contribution in [3.8, 4) is 5.75 Å². The molecular formula is C14H18N2O4S. The van der Waals surface area contributed by atoms with E-state index in [9.17, 15) is 14.7 Å². The van der Waals surface area contributed by atoms with Gasteiger partial charge < -0.3 is 20.5 Å². The maximum absolute atomic E-state index is 12.2. The third kappa shape index (κ3) is 4.12. The molecule has 1 aliphatic heterocycles. The van der Waals surface area contributed by atoms with E-state index in [0.717, 1.165) is 5.75 Å². The van der Waals surface area contributed by atoms with Crippen LogP contribution >= 0.6 is 11.8 Å². The highest BCUT2D eigenvalue weighted by atomic mass is 32.2. The first-order chi connectivity index (χ1) is 10.1. The smallest absolute Gasteiger partial charge is 0.262 e. The summed E-state index contributed by atoms with van der Waals surface area (Å²) in [7, 11) is 0. The molecule has 2 rings (SSSR count). The van der Waals surface area contributed by atoms with Gasteiger partial charge in [-0.05, 0) is 36.6 Å². The highest BCUT2D eigenvalue weighted by Gasteiger charge is 2.19. The van der Waals surface area contributed by atoms with Gasteiger partial charge in [-0.1, -0.05) is 0 Å². The van der Waals surface area contributed by atoms with Gasteiger partial charge in [0.2, 0.25) is 0 Å². The van der Waals surface area contributed by atoms with Crippen LogP contribution in [-0.2, 0) is 4.79 Å². The summed E-state index contributed by atoms with van der Waals surface area (Å²) in [5, 5.41) is 14.7. The van der Waals surface area contributed by atoms with E-state index in [4.69, 9.17) is 4.74 Å². The summed E-state index contributed by atoms with van der Waals surface area (Å²) in [4.78, 5) is 23.4. The zero-order valence-electron chi connectivity index (χ0n) is 11.7. The maximum atomic E-state index is 12.2. The number of hydrogen-bond acceptors (Lipinski definition) is 5. The summed E-state index contributed by atoms with van der Waals surface area (Å²) in [6.07, 6.45) is 2.68. The number of fused-ring (bicyclic) bond motifs is 1. The molecule has 0 spiro atoms. The predicted molar refractivity (Wildman–Crippen MR) is 81.9 cm³/mol. The van der Waals surface area contributed by atoms with Crippen LogP contribution in [0, 0.1) is 0 Å². The molecule has 2 amide bonds. The van der Waals surface area contributed by atoms with Crippen LogP contribution in [0.2, 0.25) is 0 Å². The second-order valence-electron chi connectivity index (χ2n) is 4.68. The van der Waals surface area contributed by atoms with Crippen molar-refractivity contribution in [2.24, 2.45) is 0 Å². The monoisotopic (exact) mass is 310 g/mol. The zero-order chi connectivity index (χ0) is 15.2. The van der Waals surface area contributed by atoms with Crippen LogP contribution in [0.4, 0.5) is 5.69 Å². The number of aliphatic hydroxyl groups excluding tert-OH is 1. The molecule has 0 radical (unpaired) electrons. The summed E-state index contributed by atoms with van der Waals surface area (Å²) in [5.41, 5.74) is 0.908. The van der Waals surface area contributed by atoms with Gasteiger partial charge in [-0.25, -0.2) is 0 Å². The van der Waals surface area contributed by atoms with Crippen LogP contribution in [0.25, 0.3) is 0 Å². The summed E-state index contributed by atoms with van der Waals surface area (Å²) < 4.78 is 5.24. The van der Waals surface area contributed by atoms with Crippen molar-refractivity contribution >= 4 is 29.3 Å². The molecule has 7 heteroatoms. The number of hydrogen-bond donors (Lipinski definition) is 3. The second kappa shape index (κ2) is 7.33. The fourth-order valence-corrected chi connectivity index (χ4v) is 2.48. The van der Waals surface area contributed by atoms with Crippen molar-refractivity contribution < 1.29 is 19.4 Å². The third-order valence-electron chi connectivity index (χ3n) is 3.10. The minimum absolute atomic E-state index is 0.0141. The number of nitrogens with one attached hydrogen (secondary N) is 2. The zero-order valence-corrected chi connectivity index (χ0v) is 12.5. The number of anilines is 1. The fourth-order valence-electron chi connectivity index (χ4n) is 1.96. The van der Waals surface area contributed by atoms with Crippen LogP contribution in [-0.4, -0.2) is 48.2 Å². The Morgan fingerprint density at radius 3 is 3.10 bits per heavy atom. The number of amides is 2. The molecule has 1 atom stereocenters. The first-order valence-electron chi connectivity index (χ1n) is 6.61. The van der Waals surface area contributed by atoms with Gasteiger partial charge in [0.15, 0.2) is 6.61 Å². The summed E-state index contributed by atoms with van der Waals surface area (Å²) in [6, 6.07) is 4.59. The molecule has 21 heavy (non-hydrogen) atoms. The van der Waals surface area contributed by atoms with Gasteiger partial charge in [0.05, 0.1) is 18.3 Å². The Labute approximate surface area is 127 Å². The van der Waals surface area contributed by atoms with Gasteiger partial charge in [-0.3, -0.25) is 9.59 Å². The van der Waals surface area contributed by atoms with E-state index >= 15 is 0 Å². The molecule has 0 saturated heterocycles. The van der Waals surface area contributed by atoms with E-state index in [-0.39, 0.29) is 31.1 Å². The Kier molecular flexibility index (Phi) is 5.46. The van der Waals surface area contributed by atoms with E-state index in [2.05, 4.69) is 10.6 Å². The van der Waals surface area contributed by atoms with E-state index in [0.29, 0.717) is 23.4 Å². The van der Waals surface area contributed by atoms with Gasteiger partial charge in [0.1, 0.15) is 5.75 Å². The number of carbonyl (C=O) groups excluding carboxylic acids is 2. The summed E-state index contributed by atoms with van der Waals surface area (Å²) >= 11 is 1.66. The molecule has 1 aromatic carbocycles. The molecule has 114 valence electrons. The molecule has 1 aliphatic rings. The van der Waals surface area contributed by atoms with E-state index in [1.54, 1.807) is 30.0 Å². The first-order valence-corrected chi connectivity index (χ1v) is 8.00. The minimum Gasteiger partial charge on any atom is -0.482 e. The molecule has 1 heterocycles. The maximum Gasteiger partial charge on any atom is 0.262 e. The summed E-state index contributed by atoms with van der Waals surface area (Å²) in [6.45, 7) is -0.114. The second-order valence-corrected chi connectivity index (χ2v) is 5.67. The molecule has 0 fully saturated rings. The van der Waals surface area contributed by atoms with Crippen LogP contribution < -0.4 is 15.4 Å². The first kappa shape index (κ1) is 15.7. The standard InChI is InChI=1S/C14H18N2O4S/c1-21-5-4-10(7-17)15-14(19)9-2-3-12-11(6-9)16-13(18)8-20-12/h2-3,6,10,17H,4-5,7-8H2,1H3,(H,15,19)(H,16,18)/t10-/m0/s1. The Balaban J connectivity index is 2.05. The van der Waals surface area contributed by atoms with Crippen molar-refractivity contribution in [3.05, 3.63) is 23.8 Å². The number of ether oxygens (including phenoxy) is 1. The quantitative estimate of drug-likeness (QED) is 0.725. The SMILES string of the molecule is CSCC[C@@H](CO)NC(=O)c1ccc2c(c1)NC(=O)CO2. The molecule has 6 nitrogen and oxygen atoms in total. The molecule has 3 N–H and O–H groups in total. The normalized spacial score (nSPS) is 14.7. The van der Waals surface area contributed by atoms with Crippen LogP contribution in [0.1, 0.15) is 16.8 Å². The largest absolute Gasteiger partial charge is 0.482 e.